The number of rotatable bonds is 3. The van der Waals surface area contributed by atoms with E-state index in [0.29, 0.717) is 0 Å². The summed E-state index contributed by atoms with van der Waals surface area (Å²) in [6.45, 7) is 4.05. The number of benzene rings is 1. The van der Waals surface area contributed by atoms with E-state index in [-0.39, 0.29) is 5.57 Å². The summed E-state index contributed by atoms with van der Waals surface area (Å²) in [5, 5.41) is 4.14. The largest absolute Gasteiger partial charge is 0.328 e. The van der Waals surface area contributed by atoms with E-state index in [2.05, 4.69) is 10.6 Å². The molecule has 1 aliphatic rings. The smallest absolute Gasteiger partial charge is 0.273 e. The summed E-state index contributed by atoms with van der Waals surface area (Å²) in [5.74, 6) is -1.33. The molecule has 5 nitrogen and oxygen atoms in total. The predicted molar refractivity (Wildman–Crippen MR) is 74.9 cm³/mol. The predicted octanol–water partition coefficient (Wildman–Crippen LogP) is 1.56. The van der Waals surface area contributed by atoms with Crippen LogP contribution in [0.1, 0.15) is 30.5 Å². The number of hydrogen-bond donors (Lipinski definition) is 2. The number of barbiturate groups is 1. The fraction of sp³-hybridized carbons (Fsp3) is 0.267. The van der Waals surface area contributed by atoms with E-state index in [0.717, 1.165) is 29.5 Å². The van der Waals surface area contributed by atoms with Crippen LogP contribution in [0.4, 0.5) is 4.79 Å². The molecule has 0 atom stereocenters. The Labute approximate surface area is 117 Å². The van der Waals surface area contributed by atoms with Crippen molar-refractivity contribution in [2.24, 2.45) is 0 Å². The third-order valence-electron chi connectivity index (χ3n) is 3.24. The molecule has 104 valence electrons. The summed E-state index contributed by atoms with van der Waals surface area (Å²) in [4.78, 5) is 34.4. The number of urea groups is 1. The van der Waals surface area contributed by atoms with Crippen LogP contribution in [0.3, 0.4) is 0 Å². The van der Waals surface area contributed by atoms with Gasteiger partial charge in [-0.15, -0.1) is 0 Å². The topological polar surface area (TPSA) is 75.3 Å². The fourth-order valence-electron chi connectivity index (χ4n) is 2.08. The first kappa shape index (κ1) is 14.0. The summed E-state index contributed by atoms with van der Waals surface area (Å²) in [6, 6.07) is 5.21. The fourth-order valence-corrected chi connectivity index (χ4v) is 2.08. The van der Waals surface area contributed by atoms with Gasteiger partial charge in [-0.05, 0) is 35.6 Å². The molecule has 0 aliphatic carbocycles. The Bertz CT molecular complexity index is 596. The number of amides is 4. The normalized spacial score (nSPS) is 14.9. The molecule has 0 spiro atoms. The van der Waals surface area contributed by atoms with Crippen LogP contribution < -0.4 is 10.6 Å². The maximum absolute atomic E-state index is 11.7. The van der Waals surface area contributed by atoms with E-state index < -0.39 is 17.8 Å². The Morgan fingerprint density at radius 3 is 2.20 bits per heavy atom. The molecule has 1 aliphatic heterocycles. The Hall–Kier alpha value is -2.43. The van der Waals surface area contributed by atoms with Gasteiger partial charge < -0.3 is 0 Å². The van der Waals surface area contributed by atoms with Crippen LogP contribution in [0.25, 0.3) is 6.08 Å². The molecule has 1 fully saturated rings. The Morgan fingerprint density at radius 2 is 1.65 bits per heavy atom. The van der Waals surface area contributed by atoms with Crippen molar-refractivity contribution < 1.29 is 14.4 Å². The zero-order valence-corrected chi connectivity index (χ0v) is 11.4. The minimum absolute atomic E-state index is 0.0486. The van der Waals surface area contributed by atoms with Crippen molar-refractivity contribution in [3.63, 3.8) is 0 Å². The molecule has 2 N–H and O–H groups in total. The number of aryl methyl sites for hydroxylation is 2. The van der Waals surface area contributed by atoms with Crippen molar-refractivity contribution in [1.82, 2.24) is 10.6 Å². The molecule has 4 amide bonds. The van der Waals surface area contributed by atoms with E-state index in [1.54, 1.807) is 0 Å². The maximum Gasteiger partial charge on any atom is 0.328 e. The van der Waals surface area contributed by atoms with Crippen LogP contribution in [0, 0.1) is 0 Å². The van der Waals surface area contributed by atoms with Crippen LogP contribution >= 0.6 is 0 Å². The summed E-state index contributed by atoms with van der Waals surface area (Å²) in [7, 11) is 0. The van der Waals surface area contributed by atoms with Gasteiger partial charge in [-0.2, -0.15) is 0 Å². The molecule has 1 aromatic rings. The van der Waals surface area contributed by atoms with Gasteiger partial charge in [0.1, 0.15) is 5.57 Å². The van der Waals surface area contributed by atoms with Gasteiger partial charge in [-0.1, -0.05) is 32.0 Å². The Kier molecular flexibility index (Phi) is 3.98. The second-order valence-corrected chi connectivity index (χ2v) is 4.54. The van der Waals surface area contributed by atoms with E-state index in [1.165, 1.54) is 6.08 Å². The molecule has 0 aromatic heterocycles. The van der Waals surface area contributed by atoms with Crippen LogP contribution in [-0.2, 0) is 22.4 Å². The zero-order valence-electron chi connectivity index (χ0n) is 11.4. The summed E-state index contributed by atoms with van der Waals surface area (Å²) >= 11 is 0. The Morgan fingerprint density at radius 1 is 1.00 bits per heavy atom. The van der Waals surface area contributed by atoms with Gasteiger partial charge in [0.15, 0.2) is 0 Å². The van der Waals surface area contributed by atoms with Crippen LogP contribution in [0.2, 0.25) is 0 Å². The van der Waals surface area contributed by atoms with Gasteiger partial charge >= 0.3 is 6.03 Å². The average molecular weight is 272 g/mol. The number of carbonyl (C=O) groups excluding carboxylic acids is 3. The van der Waals surface area contributed by atoms with Gasteiger partial charge in [0.05, 0.1) is 0 Å². The second kappa shape index (κ2) is 5.69. The highest BCUT2D eigenvalue weighted by molar-refractivity contribution is 6.31. The van der Waals surface area contributed by atoms with Crippen molar-refractivity contribution in [3.8, 4) is 0 Å². The van der Waals surface area contributed by atoms with Crippen LogP contribution in [0.5, 0.6) is 0 Å². The van der Waals surface area contributed by atoms with E-state index in [1.807, 2.05) is 32.0 Å². The molecule has 20 heavy (non-hydrogen) atoms. The minimum atomic E-state index is -0.782. The van der Waals surface area contributed by atoms with E-state index in [4.69, 9.17) is 0 Å². The highest BCUT2D eigenvalue weighted by atomic mass is 16.2. The molecule has 0 unspecified atom stereocenters. The van der Waals surface area contributed by atoms with E-state index in [9.17, 15) is 14.4 Å². The molecule has 0 saturated carbocycles. The Balaban J connectivity index is 2.45. The van der Waals surface area contributed by atoms with Gasteiger partial charge in [0.2, 0.25) is 0 Å². The molecule has 1 aromatic carbocycles. The first-order chi connectivity index (χ1) is 9.55. The number of carbonyl (C=O) groups is 3. The first-order valence-corrected chi connectivity index (χ1v) is 6.55. The maximum atomic E-state index is 11.7. The van der Waals surface area contributed by atoms with Crippen LogP contribution in [-0.4, -0.2) is 17.8 Å². The standard InChI is InChI=1S/C15H16N2O3/c1-3-9-5-6-10(4-2)11(7-9)8-12-13(18)16-15(20)17-14(12)19/h5-8H,3-4H2,1-2H3,(H2,16,17,18,19,20). The lowest BCUT2D eigenvalue weighted by atomic mass is 9.98. The van der Waals surface area contributed by atoms with Crippen molar-refractivity contribution in [3.05, 3.63) is 40.5 Å². The minimum Gasteiger partial charge on any atom is -0.273 e. The quantitative estimate of drug-likeness (QED) is 0.647. The molecule has 0 bridgehead atoms. The molecular formula is C15H16N2O3. The summed E-state index contributed by atoms with van der Waals surface area (Å²) in [6.07, 6.45) is 3.21. The average Bonchev–Trinajstić information content (AvgIpc) is 2.42. The first-order valence-electron chi connectivity index (χ1n) is 6.55. The SMILES string of the molecule is CCc1ccc(CC)c(C=C2C(=O)NC(=O)NC2=O)c1. The van der Waals surface area contributed by atoms with Gasteiger partial charge in [-0.25, -0.2) is 4.79 Å². The number of nitrogens with one attached hydrogen (secondary N) is 2. The molecule has 5 heteroatoms. The third kappa shape index (κ3) is 2.77. The molecule has 1 saturated heterocycles. The van der Waals surface area contributed by atoms with Crippen molar-refractivity contribution in [2.75, 3.05) is 0 Å². The van der Waals surface area contributed by atoms with Crippen LogP contribution in [0.15, 0.2) is 23.8 Å². The molecule has 2 rings (SSSR count). The van der Waals surface area contributed by atoms with E-state index >= 15 is 0 Å². The van der Waals surface area contributed by atoms with Crippen molar-refractivity contribution in [1.29, 1.82) is 0 Å². The lowest BCUT2D eigenvalue weighted by Crippen LogP contribution is -2.51. The lowest BCUT2D eigenvalue weighted by molar-refractivity contribution is -0.123. The van der Waals surface area contributed by atoms with Gasteiger partial charge in [-0.3, -0.25) is 20.2 Å². The number of imide groups is 2. The van der Waals surface area contributed by atoms with Gasteiger partial charge in [0.25, 0.3) is 11.8 Å². The highest BCUT2D eigenvalue weighted by Gasteiger charge is 2.27. The van der Waals surface area contributed by atoms with Crippen molar-refractivity contribution >= 4 is 23.9 Å². The number of hydrogen-bond acceptors (Lipinski definition) is 3. The highest BCUT2D eigenvalue weighted by Crippen LogP contribution is 2.18. The molecular weight excluding hydrogens is 256 g/mol. The third-order valence-corrected chi connectivity index (χ3v) is 3.24. The summed E-state index contributed by atoms with van der Waals surface area (Å²) < 4.78 is 0. The van der Waals surface area contributed by atoms with Crippen molar-refractivity contribution in [2.45, 2.75) is 26.7 Å². The monoisotopic (exact) mass is 272 g/mol. The zero-order chi connectivity index (χ0) is 14.7. The second-order valence-electron chi connectivity index (χ2n) is 4.54. The lowest BCUT2D eigenvalue weighted by Gasteiger charge is -2.15. The molecule has 0 radical (unpaired) electrons. The molecule has 1 heterocycles. The van der Waals surface area contributed by atoms with Gasteiger partial charge in [0, 0.05) is 0 Å². The summed E-state index contributed by atoms with van der Waals surface area (Å²) in [5.41, 5.74) is 2.96.